The van der Waals surface area contributed by atoms with Crippen LogP contribution >= 0.6 is 15.9 Å². The summed E-state index contributed by atoms with van der Waals surface area (Å²) < 4.78 is 5.42. The van der Waals surface area contributed by atoms with Gasteiger partial charge < -0.3 is 10.1 Å². The van der Waals surface area contributed by atoms with Crippen molar-refractivity contribution in [3.8, 4) is 0 Å². The molecule has 1 aliphatic rings. The molecule has 0 aliphatic heterocycles. The van der Waals surface area contributed by atoms with E-state index in [0.29, 0.717) is 11.2 Å². The van der Waals surface area contributed by atoms with E-state index in [1.807, 2.05) is 0 Å². The van der Waals surface area contributed by atoms with E-state index < -0.39 is 0 Å². The highest BCUT2D eigenvalue weighted by atomic mass is 79.9. The summed E-state index contributed by atoms with van der Waals surface area (Å²) >= 11 is 3.49. The van der Waals surface area contributed by atoms with Gasteiger partial charge in [0.15, 0.2) is 0 Å². The summed E-state index contributed by atoms with van der Waals surface area (Å²) in [6.07, 6.45) is 5.87. The van der Waals surface area contributed by atoms with Crippen molar-refractivity contribution in [2.45, 2.75) is 55.9 Å². The van der Waals surface area contributed by atoms with Crippen molar-refractivity contribution in [1.82, 2.24) is 5.32 Å². The number of carbonyl (C=O) groups is 1. The summed E-state index contributed by atoms with van der Waals surface area (Å²) in [4.78, 5) is 12.2. The lowest BCUT2D eigenvalue weighted by molar-refractivity contribution is -0.134. The molecular weight excluding hydrogens is 270 g/mol. The minimum Gasteiger partial charge on any atom is -0.378 e. The van der Waals surface area contributed by atoms with Gasteiger partial charge in [-0.1, -0.05) is 22.9 Å². The first kappa shape index (κ1) is 14.0. The molecule has 0 aromatic rings. The van der Waals surface area contributed by atoms with Gasteiger partial charge in [0.2, 0.25) is 5.91 Å². The first-order valence-electron chi connectivity index (χ1n) is 6.04. The third kappa shape index (κ3) is 4.42. The van der Waals surface area contributed by atoms with E-state index in [2.05, 4.69) is 28.2 Å². The van der Waals surface area contributed by atoms with Gasteiger partial charge in [0, 0.05) is 18.5 Å². The first-order valence-corrected chi connectivity index (χ1v) is 6.95. The van der Waals surface area contributed by atoms with Gasteiger partial charge >= 0.3 is 0 Å². The van der Waals surface area contributed by atoms with Crippen LogP contribution in [0.25, 0.3) is 0 Å². The fourth-order valence-corrected chi connectivity index (χ4v) is 2.31. The molecule has 94 valence electrons. The standard InChI is InChI=1S/C12H22BrNO2/c1-10(13)5-3-8-14-11(15)9-12(16-2)6-4-7-12/h10H,3-9H2,1-2H3,(H,14,15). The second kappa shape index (κ2) is 6.60. The van der Waals surface area contributed by atoms with Crippen molar-refractivity contribution in [3.63, 3.8) is 0 Å². The van der Waals surface area contributed by atoms with E-state index in [-0.39, 0.29) is 11.5 Å². The van der Waals surface area contributed by atoms with Crippen LogP contribution in [-0.4, -0.2) is 30.0 Å². The normalized spacial score (nSPS) is 19.9. The van der Waals surface area contributed by atoms with E-state index >= 15 is 0 Å². The average Bonchev–Trinajstić information content (AvgIpc) is 2.18. The van der Waals surface area contributed by atoms with Gasteiger partial charge in [-0.05, 0) is 32.1 Å². The molecule has 1 atom stereocenters. The predicted octanol–water partition coefficient (Wildman–Crippen LogP) is 2.63. The molecule has 0 radical (unpaired) electrons. The number of hydrogen-bond donors (Lipinski definition) is 1. The molecule has 1 amide bonds. The Balaban J connectivity index is 2.11. The number of carbonyl (C=O) groups excluding carboxylic acids is 1. The second-order valence-electron chi connectivity index (χ2n) is 4.69. The van der Waals surface area contributed by atoms with E-state index in [1.54, 1.807) is 7.11 Å². The molecule has 16 heavy (non-hydrogen) atoms. The van der Waals surface area contributed by atoms with Crippen molar-refractivity contribution in [3.05, 3.63) is 0 Å². The van der Waals surface area contributed by atoms with Gasteiger partial charge in [-0.25, -0.2) is 0 Å². The van der Waals surface area contributed by atoms with Crippen LogP contribution < -0.4 is 5.32 Å². The molecule has 0 aromatic carbocycles. The summed E-state index contributed by atoms with van der Waals surface area (Å²) in [7, 11) is 1.71. The van der Waals surface area contributed by atoms with Gasteiger partial charge in [0.05, 0.1) is 12.0 Å². The van der Waals surface area contributed by atoms with Gasteiger partial charge in [-0.2, -0.15) is 0 Å². The maximum Gasteiger partial charge on any atom is 0.222 e. The number of halogens is 1. The minimum atomic E-state index is -0.146. The molecule has 4 heteroatoms. The summed E-state index contributed by atoms with van der Waals surface area (Å²) in [5.74, 6) is 0.128. The Morgan fingerprint density at radius 2 is 2.25 bits per heavy atom. The maximum atomic E-state index is 11.7. The SMILES string of the molecule is COC1(CC(=O)NCCCC(C)Br)CCC1. The Bertz CT molecular complexity index is 222. The van der Waals surface area contributed by atoms with E-state index in [1.165, 1.54) is 6.42 Å². The Kier molecular flexibility index (Phi) is 5.76. The topological polar surface area (TPSA) is 38.3 Å². The number of methoxy groups -OCH3 is 1. The molecule has 1 aliphatic carbocycles. The summed E-state index contributed by atoms with van der Waals surface area (Å²) in [6, 6.07) is 0. The Morgan fingerprint density at radius 3 is 2.69 bits per heavy atom. The number of ether oxygens (including phenoxy) is 1. The molecule has 1 N–H and O–H groups in total. The molecule has 0 aromatic heterocycles. The monoisotopic (exact) mass is 291 g/mol. The van der Waals surface area contributed by atoms with E-state index in [9.17, 15) is 4.79 Å². The lowest BCUT2D eigenvalue weighted by Gasteiger charge is -2.39. The highest BCUT2D eigenvalue weighted by Crippen LogP contribution is 2.37. The second-order valence-corrected chi connectivity index (χ2v) is 6.25. The molecule has 0 bridgehead atoms. The molecular formula is C12H22BrNO2. The Hall–Kier alpha value is -0.0900. The number of alkyl halides is 1. The highest BCUT2D eigenvalue weighted by molar-refractivity contribution is 9.09. The first-order chi connectivity index (χ1) is 7.58. The molecule has 1 saturated carbocycles. The Morgan fingerprint density at radius 1 is 1.56 bits per heavy atom. The van der Waals surface area contributed by atoms with Crippen LogP contribution in [0.1, 0.15) is 45.4 Å². The predicted molar refractivity (Wildman–Crippen MR) is 68.8 cm³/mol. The summed E-state index contributed by atoms with van der Waals surface area (Å²) in [6.45, 7) is 2.89. The minimum absolute atomic E-state index is 0.128. The third-order valence-electron chi connectivity index (χ3n) is 3.28. The third-order valence-corrected chi connectivity index (χ3v) is 3.74. The zero-order valence-electron chi connectivity index (χ0n) is 10.2. The smallest absolute Gasteiger partial charge is 0.222 e. The van der Waals surface area contributed by atoms with Crippen molar-refractivity contribution in [2.24, 2.45) is 0 Å². The molecule has 1 unspecified atom stereocenters. The van der Waals surface area contributed by atoms with Crippen LogP contribution in [-0.2, 0) is 9.53 Å². The molecule has 0 saturated heterocycles. The van der Waals surface area contributed by atoms with E-state index in [4.69, 9.17) is 4.74 Å². The van der Waals surface area contributed by atoms with Crippen molar-refractivity contribution in [1.29, 1.82) is 0 Å². The zero-order chi connectivity index (χ0) is 12.0. The van der Waals surface area contributed by atoms with Crippen molar-refractivity contribution < 1.29 is 9.53 Å². The number of hydrogen-bond acceptors (Lipinski definition) is 2. The molecule has 0 spiro atoms. The number of nitrogens with one attached hydrogen (secondary N) is 1. The van der Waals surface area contributed by atoms with Crippen LogP contribution in [0.5, 0.6) is 0 Å². The quantitative estimate of drug-likeness (QED) is 0.578. The maximum absolute atomic E-state index is 11.7. The van der Waals surface area contributed by atoms with E-state index in [0.717, 1.165) is 32.2 Å². The van der Waals surface area contributed by atoms with Gasteiger partial charge in [-0.3, -0.25) is 4.79 Å². The van der Waals surface area contributed by atoms with Crippen molar-refractivity contribution in [2.75, 3.05) is 13.7 Å². The molecule has 0 heterocycles. The van der Waals surface area contributed by atoms with Gasteiger partial charge in [0.25, 0.3) is 0 Å². The van der Waals surface area contributed by atoms with Crippen LogP contribution in [0.2, 0.25) is 0 Å². The van der Waals surface area contributed by atoms with Crippen LogP contribution in [0.3, 0.4) is 0 Å². The summed E-state index contributed by atoms with van der Waals surface area (Å²) in [5, 5.41) is 2.96. The molecule has 1 fully saturated rings. The number of amides is 1. The fraction of sp³-hybridized carbons (Fsp3) is 0.917. The van der Waals surface area contributed by atoms with Crippen LogP contribution in [0.4, 0.5) is 0 Å². The van der Waals surface area contributed by atoms with Crippen molar-refractivity contribution >= 4 is 21.8 Å². The zero-order valence-corrected chi connectivity index (χ0v) is 11.8. The highest BCUT2D eigenvalue weighted by Gasteiger charge is 2.38. The number of rotatable bonds is 7. The van der Waals surface area contributed by atoms with Gasteiger partial charge in [-0.15, -0.1) is 0 Å². The molecule has 1 rings (SSSR count). The lowest BCUT2D eigenvalue weighted by Crippen LogP contribution is -2.44. The average molecular weight is 292 g/mol. The largest absolute Gasteiger partial charge is 0.378 e. The molecule has 3 nitrogen and oxygen atoms in total. The fourth-order valence-electron chi connectivity index (χ4n) is 1.99. The van der Waals surface area contributed by atoms with Crippen LogP contribution in [0.15, 0.2) is 0 Å². The Labute approximate surface area is 106 Å². The lowest BCUT2D eigenvalue weighted by atomic mass is 9.77. The van der Waals surface area contributed by atoms with Crippen LogP contribution in [0, 0.1) is 0 Å². The summed E-state index contributed by atoms with van der Waals surface area (Å²) in [5.41, 5.74) is -0.146. The van der Waals surface area contributed by atoms with Gasteiger partial charge in [0.1, 0.15) is 0 Å².